The zero-order chi connectivity index (χ0) is 9.90. The third-order valence-corrected chi connectivity index (χ3v) is 3.24. The molecule has 1 atom stereocenters. The predicted molar refractivity (Wildman–Crippen MR) is 56.7 cm³/mol. The molecule has 1 fully saturated rings. The zero-order valence-corrected chi connectivity index (χ0v) is 9.34. The Balaban J connectivity index is 2.27. The molecule has 0 heterocycles. The topological polar surface area (TPSA) is 20.2 Å². The van der Waals surface area contributed by atoms with Gasteiger partial charge in [-0.15, -0.1) is 0 Å². The first-order chi connectivity index (χ1) is 6.06. The lowest BCUT2D eigenvalue weighted by Crippen LogP contribution is -2.29. The van der Waals surface area contributed by atoms with Gasteiger partial charge in [-0.25, -0.2) is 0 Å². The van der Waals surface area contributed by atoms with E-state index in [4.69, 9.17) is 0 Å². The van der Waals surface area contributed by atoms with Gasteiger partial charge in [0.2, 0.25) is 0 Å². The maximum absolute atomic E-state index is 9.98. The predicted octanol–water partition coefficient (Wildman–Crippen LogP) is 3.36. The summed E-state index contributed by atoms with van der Waals surface area (Å²) in [7, 11) is 0. The van der Waals surface area contributed by atoms with E-state index >= 15 is 0 Å². The summed E-state index contributed by atoms with van der Waals surface area (Å²) in [4.78, 5) is 0. The van der Waals surface area contributed by atoms with Gasteiger partial charge in [-0.2, -0.15) is 0 Å². The van der Waals surface area contributed by atoms with Crippen molar-refractivity contribution in [2.24, 2.45) is 11.3 Å². The minimum absolute atomic E-state index is 0.0898. The van der Waals surface area contributed by atoms with E-state index in [1.807, 2.05) is 0 Å². The highest BCUT2D eigenvalue weighted by molar-refractivity contribution is 4.85. The van der Waals surface area contributed by atoms with Gasteiger partial charge in [-0.05, 0) is 24.2 Å². The van der Waals surface area contributed by atoms with Crippen LogP contribution in [0.1, 0.15) is 59.3 Å². The molecule has 0 aromatic rings. The molecule has 1 aliphatic carbocycles. The van der Waals surface area contributed by atoms with Crippen LogP contribution in [0.3, 0.4) is 0 Å². The second-order valence-electron chi connectivity index (χ2n) is 5.29. The standard InChI is InChI=1S/C12H24O/c1-4-5-6-11(13)12(2,3)9-10-7-8-10/h10-11,13H,4-9H2,1-3H3. The monoisotopic (exact) mass is 184 g/mol. The molecule has 0 saturated heterocycles. The number of aliphatic hydroxyl groups excluding tert-OH is 1. The van der Waals surface area contributed by atoms with Crippen molar-refractivity contribution in [3.05, 3.63) is 0 Å². The second kappa shape index (κ2) is 4.45. The van der Waals surface area contributed by atoms with Gasteiger partial charge >= 0.3 is 0 Å². The zero-order valence-electron chi connectivity index (χ0n) is 9.34. The Labute approximate surface area is 82.5 Å². The average molecular weight is 184 g/mol. The molecule has 0 aliphatic heterocycles. The quantitative estimate of drug-likeness (QED) is 0.671. The number of aliphatic hydroxyl groups is 1. The third-order valence-electron chi connectivity index (χ3n) is 3.24. The van der Waals surface area contributed by atoms with Gasteiger partial charge in [0.15, 0.2) is 0 Å². The van der Waals surface area contributed by atoms with Crippen LogP contribution in [0, 0.1) is 11.3 Å². The Hall–Kier alpha value is -0.0400. The molecule has 13 heavy (non-hydrogen) atoms. The Bertz CT molecular complexity index is 147. The van der Waals surface area contributed by atoms with E-state index in [-0.39, 0.29) is 11.5 Å². The van der Waals surface area contributed by atoms with Crippen LogP contribution in [0.5, 0.6) is 0 Å². The fourth-order valence-electron chi connectivity index (χ4n) is 1.99. The van der Waals surface area contributed by atoms with Crippen molar-refractivity contribution in [1.82, 2.24) is 0 Å². The number of unbranched alkanes of at least 4 members (excludes halogenated alkanes) is 1. The van der Waals surface area contributed by atoms with Gasteiger partial charge < -0.3 is 5.11 Å². The smallest absolute Gasteiger partial charge is 0.0591 e. The van der Waals surface area contributed by atoms with E-state index in [0.717, 1.165) is 18.8 Å². The molecular formula is C12H24O. The first kappa shape index (κ1) is 11.0. The minimum atomic E-state index is -0.0898. The molecule has 0 spiro atoms. The molecule has 1 heteroatoms. The van der Waals surface area contributed by atoms with Crippen LogP contribution in [0.4, 0.5) is 0 Å². The molecule has 1 N–H and O–H groups in total. The fraction of sp³-hybridized carbons (Fsp3) is 1.00. The van der Waals surface area contributed by atoms with Gasteiger partial charge in [-0.3, -0.25) is 0 Å². The van der Waals surface area contributed by atoms with Gasteiger partial charge in [0, 0.05) is 0 Å². The van der Waals surface area contributed by atoms with Crippen LogP contribution in [-0.4, -0.2) is 11.2 Å². The van der Waals surface area contributed by atoms with Crippen LogP contribution in [0.2, 0.25) is 0 Å². The van der Waals surface area contributed by atoms with E-state index in [9.17, 15) is 5.11 Å². The summed E-state index contributed by atoms with van der Waals surface area (Å²) in [5.41, 5.74) is 0.149. The molecule has 1 saturated carbocycles. The Kier molecular flexibility index (Phi) is 3.78. The number of hydrogen-bond donors (Lipinski definition) is 1. The van der Waals surface area contributed by atoms with Crippen molar-refractivity contribution >= 4 is 0 Å². The van der Waals surface area contributed by atoms with Crippen molar-refractivity contribution in [3.63, 3.8) is 0 Å². The molecule has 0 amide bonds. The van der Waals surface area contributed by atoms with Crippen LogP contribution >= 0.6 is 0 Å². The largest absolute Gasteiger partial charge is 0.393 e. The molecule has 1 nitrogen and oxygen atoms in total. The first-order valence-corrected chi connectivity index (χ1v) is 5.74. The second-order valence-corrected chi connectivity index (χ2v) is 5.29. The van der Waals surface area contributed by atoms with Crippen LogP contribution in [0.15, 0.2) is 0 Å². The maximum atomic E-state index is 9.98. The summed E-state index contributed by atoms with van der Waals surface area (Å²) < 4.78 is 0. The Morgan fingerprint density at radius 2 is 2.00 bits per heavy atom. The highest BCUT2D eigenvalue weighted by Crippen LogP contribution is 2.42. The molecule has 1 unspecified atom stereocenters. The highest BCUT2D eigenvalue weighted by atomic mass is 16.3. The summed E-state index contributed by atoms with van der Waals surface area (Å²) in [6.45, 7) is 6.61. The fourth-order valence-corrected chi connectivity index (χ4v) is 1.99. The summed E-state index contributed by atoms with van der Waals surface area (Å²) >= 11 is 0. The lowest BCUT2D eigenvalue weighted by molar-refractivity contribution is 0.0317. The molecule has 0 aromatic heterocycles. The van der Waals surface area contributed by atoms with E-state index in [2.05, 4.69) is 20.8 Å². The Morgan fingerprint density at radius 3 is 2.46 bits per heavy atom. The average Bonchev–Trinajstić information content (AvgIpc) is 2.83. The lowest BCUT2D eigenvalue weighted by atomic mass is 9.79. The van der Waals surface area contributed by atoms with Crippen LogP contribution in [-0.2, 0) is 0 Å². The van der Waals surface area contributed by atoms with Gasteiger partial charge in [0.25, 0.3) is 0 Å². The number of rotatable bonds is 6. The van der Waals surface area contributed by atoms with Crippen molar-refractivity contribution in [2.45, 2.75) is 65.4 Å². The van der Waals surface area contributed by atoms with E-state index in [1.54, 1.807) is 0 Å². The molecule has 0 bridgehead atoms. The van der Waals surface area contributed by atoms with E-state index in [1.165, 1.54) is 25.7 Å². The maximum Gasteiger partial charge on any atom is 0.0591 e. The third kappa shape index (κ3) is 3.68. The highest BCUT2D eigenvalue weighted by Gasteiger charge is 2.34. The lowest BCUT2D eigenvalue weighted by Gasteiger charge is -2.30. The molecule has 1 aliphatic rings. The first-order valence-electron chi connectivity index (χ1n) is 5.74. The van der Waals surface area contributed by atoms with Gasteiger partial charge in [-0.1, -0.05) is 46.5 Å². The summed E-state index contributed by atoms with van der Waals surface area (Å²) in [6.07, 6.45) is 7.25. The molecule has 1 rings (SSSR count). The number of hydrogen-bond acceptors (Lipinski definition) is 1. The van der Waals surface area contributed by atoms with Crippen LogP contribution < -0.4 is 0 Å². The normalized spacial score (nSPS) is 20.3. The van der Waals surface area contributed by atoms with Crippen molar-refractivity contribution in [1.29, 1.82) is 0 Å². The molecule has 0 radical (unpaired) electrons. The minimum Gasteiger partial charge on any atom is -0.393 e. The molecule has 0 aromatic carbocycles. The SMILES string of the molecule is CCCCC(O)C(C)(C)CC1CC1. The Morgan fingerprint density at radius 1 is 1.38 bits per heavy atom. The van der Waals surface area contributed by atoms with Gasteiger partial charge in [0.05, 0.1) is 6.10 Å². The van der Waals surface area contributed by atoms with Crippen molar-refractivity contribution in [3.8, 4) is 0 Å². The van der Waals surface area contributed by atoms with Crippen LogP contribution in [0.25, 0.3) is 0 Å². The van der Waals surface area contributed by atoms with Crippen molar-refractivity contribution in [2.75, 3.05) is 0 Å². The van der Waals surface area contributed by atoms with Gasteiger partial charge in [0.1, 0.15) is 0 Å². The molecular weight excluding hydrogens is 160 g/mol. The van der Waals surface area contributed by atoms with E-state index in [0.29, 0.717) is 0 Å². The molecule has 78 valence electrons. The summed E-state index contributed by atoms with van der Waals surface area (Å²) in [5.74, 6) is 0.922. The summed E-state index contributed by atoms with van der Waals surface area (Å²) in [5, 5.41) is 9.98. The van der Waals surface area contributed by atoms with E-state index < -0.39 is 0 Å². The summed E-state index contributed by atoms with van der Waals surface area (Å²) in [6, 6.07) is 0. The van der Waals surface area contributed by atoms with Crippen molar-refractivity contribution < 1.29 is 5.11 Å².